The van der Waals surface area contributed by atoms with Gasteiger partial charge in [-0.3, -0.25) is 14.4 Å². The smallest absolute Gasteiger partial charge is 0.252 e. The molecule has 0 atom stereocenters. The van der Waals surface area contributed by atoms with E-state index in [0.29, 0.717) is 56.4 Å². The van der Waals surface area contributed by atoms with Gasteiger partial charge >= 0.3 is 0 Å². The van der Waals surface area contributed by atoms with Crippen LogP contribution in [-0.4, -0.2) is 85.3 Å². The molecule has 0 bridgehead atoms. The first-order valence-corrected chi connectivity index (χ1v) is 56.8. The Kier molecular flexibility index (Phi) is 61.0. The maximum Gasteiger partial charge on any atom is 0.252 e. The molecule has 22 heteroatoms. The van der Waals surface area contributed by atoms with Crippen LogP contribution in [0.3, 0.4) is 0 Å². The lowest BCUT2D eigenvalue weighted by Crippen LogP contribution is -2.24. The van der Waals surface area contributed by atoms with E-state index < -0.39 is 0 Å². The maximum absolute atomic E-state index is 12.7. The first-order valence-electron chi connectivity index (χ1n) is 52.5. The molecule has 0 saturated carbocycles. The summed E-state index contributed by atoms with van der Waals surface area (Å²) < 4.78 is 31.0. The predicted molar refractivity (Wildman–Crippen MR) is 635 cm³/mol. The van der Waals surface area contributed by atoms with Crippen molar-refractivity contribution in [2.75, 3.05) is 52.7 Å². The van der Waals surface area contributed by atoms with Gasteiger partial charge in [0.2, 0.25) is 0 Å². The van der Waals surface area contributed by atoms with Crippen LogP contribution >= 0.6 is 106 Å². The highest BCUT2D eigenvalue weighted by Crippen LogP contribution is 2.35. The number of nitrogens with zero attached hydrogens (tertiary/aromatic N) is 3. The van der Waals surface area contributed by atoms with Crippen LogP contribution in [0.2, 0.25) is 25.1 Å². The predicted octanol–water partition coefficient (Wildman–Crippen LogP) is 38.6. The van der Waals surface area contributed by atoms with Gasteiger partial charge in [0.05, 0.1) is 108 Å². The summed E-state index contributed by atoms with van der Waals surface area (Å²) in [7, 11) is 0. The normalized spacial score (nSPS) is 10.5. The minimum atomic E-state index is -0.0520. The van der Waals surface area contributed by atoms with Crippen LogP contribution < -0.4 is 39.6 Å². The summed E-state index contributed by atoms with van der Waals surface area (Å²) in [5.41, 5.74) is 15.7. The molecule has 0 unspecified atom stereocenters. The van der Waals surface area contributed by atoms with Crippen molar-refractivity contribution in [3.05, 3.63) is 338 Å². The molecule has 0 spiro atoms. The Morgan fingerprint density at radius 3 is 0.741 bits per heavy atom. The van der Waals surface area contributed by atoms with E-state index >= 15 is 0 Å². The standard InChI is InChI=1S/C21H21BrN2O.C20H19BrN2O.C19H17BrN2O.C15H23ClO.C14H21ClO.C13H19ClO.C12H17ClO.C11H15ClO/c1-2-3-6-13-23-21(25)18-14-20(15-9-11-16(22)12-10-15)24-19-8-5-4-7-17(18)19;1-2-3-12-22-20(24)17-13-19(14-8-10-15(21)11-9-14)23-18-7-5-4-6-16(17)18;1-2-11-21-19(23)16-12-18(13-7-9-14(20)10-8-13)22-17-6-4-3-5-15(16)17;1-3-4-5-6-7-8-11-17-15-10-9-13(2)12-14(15)16;1-3-4-5-6-7-10-16-14-9-8-12(2)11-13(14)15;1-3-4-5-6-9-15-13-8-7-11(2)10-12(13)14;1-3-4-5-8-14-12-7-6-10(2)9-11(12)13;1-3-4-7-13-11-6-5-9(2)8-10(11)12/h4-5,7-12,14H,2-3,6,13H2,1H3,(H,23,25);4-11,13H,2-3,12H2,1H3,(H,22,24);3-10,12H,2,11H2,1H3,(H,21,23);9-10,12H,3-8,11H2,1-2H3;8-9,11H,3-7,10H2,1-2H3;7-8,10H,3-6,9H2,1-2H3;6-7,9H,3-5,8H2,1-2H3;5-6,8H,3-4,7H2,1-2H3. The van der Waals surface area contributed by atoms with E-state index in [-0.39, 0.29) is 17.7 Å². The zero-order chi connectivity index (χ0) is 106. The van der Waals surface area contributed by atoms with E-state index in [2.05, 4.69) is 112 Å². The summed E-state index contributed by atoms with van der Waals surface area (Å²) in [6.07, 6.45) is 30.8. The highest BCUT2D eigenvalue weighted by Gasteiger charge is 2.19. The number of rotatable bonds is 45. The number of halogens is 8. The minimum Gasteiger partial charge on any atom is -0.492 e. The molecule has 0 aliphatic heterocycles. The average Bonchev–Trinajstić information content (AvgIpc) is 0.794. The molecule has 3 amide bonds. The quantitative estimate of drug-likeness (QED) is 0.0310. The Hall–Kier alpha value is -10.1. The summed E-state index contributed by atoms with van der Waals surface area (Å²) in [6.45, 7) is 33.3. The molecule has 0 radical (unpaired) electrons. The number of para-hydroxylation sites is 3. The van der Waals surface area contributed by atoms with E-state index in [1.807, 2.05) is 296 Å². The van der Waals surface area contributed by atoms with Crippen LogP contribution in [0.1, 0.15) is 281 Å². The van der Waals surface area contributed by atoms with Gasteiger partial charge in [0.1, 0.15) is 28.7 Å². The van der Waals surface area contributed by atoms with Crippen molar-refractivity contribution >= 4 is 156 Å². The van der Waals surface area contributed by atoms with E-state index in [1.54, 1.807) is 0 Å². The zero-order valence-electron chi connectivity index (χ0n) is 88.4. The number of hydrogen-bond donors (Lipinski definition) is 3. The lowest BCUT2D eigenvalue weighted by molar-refractivity contribution is 0.0946. The Morgan fingerprint density at radius 1 is 0.245 bits per heavy atom. The molecule has 11 aromatic carbocycles. The average molecular weight is 2280 g/mol. The fraction of sp³-hybridized carbons (Fsp3) is 0.376. The van der Waals surface area contributed by atoms with Gasteiger partial charge in [-0.25, -0.2) is 15.0 Å². The minimum absolute atomic E-state index is 0.0342. The number of amides is 3. The lowest BCUT2D eigenvalue weighted by atomic mass is 10.0. The number of fused-ring (bicyclic) bond motifs is 3. The van der Waals surface area contributed by atoms with Crippen LogP contribution in [0.5, 0.6) is 28.7 Å². The van der Waals surface area contributed by atoms with Crippen molar-refractivity contribution in [3.63, 3.8) is 0 Å². The number of ether oxygens (including phenoxy) is 5. The molecule has 14 nitrogen and oxygen atoms in total. The van der Waals surface area contributed by atoms with Gasteiger partial charge in [-0.1, -0.05) is 398 Å². The topological polar surface area (TPSA) is 172 Å². The van der Waals surface area contributed by atoms with Gasteiger partial charge in [0, 0.05) is 65.9 Å². The molecule has 0 fully saturated rings. The molecular formula is C125H152Br3Cl5N6O8. The summed E-state index contributed by atoms with van der Waals surface area (Å²) in [4.78, 5) is 52.0. The second-order valence-corrected chi connectivity index (χ2v) is 41.1. The number of aryl methyl sites for hydroxylation is 5. The second kappa shape index (κ2) is 72.4. The van der Waals surface area contributed by atoms with Crippen molar-refractivity contribution in [1.29, 1.82) is 0 Å². The number of aromatic nitrogens is 3. The largest absolute Gasteiger partial charge is 0.492 e. The van der Waals surface area contributed by atoms with Crippen LogP contribution in [0.4, 0.5) is 0 Å². The summed E-state index contributed by atoms with van der Waals surface area (Å²) in [5.74, 6) is 3.89. The molecule has 3 heterocycles. The number of carbonyl (C=O) groups is 3. The number of unbranched alkanes of at least 4 members (excludes halogenated alkanes) is 18. The number of benzene rings is 11. The van der Waals surface area contributed by atoms with Crippen molar-refractivity contribution < 1.29 is 38.1 Å². The molecule has 0 saturated heterocycles. The van der Waals surface area contributed by atoms with Crippen molar-refractivity contribution in [1.82, 2.24) is 30.9 Å². The fourth-order valence-electron chi connectivity index (χ4n) is 15.0. The van der Waals surface area contributed by atoms with Crippen LogP contribution in [0.25, 0.3) is 66.5 Å². The molecule has 14 aromatic rings. The third-order valence-electron chi connectivity index (χ3n) is 23.4. The monoisotopic (exact) mass is 2280 g/mol. The number of nitrogens with one attached hydrogen (secondary N) is 3. The molecule has 3 N–H and O–H groups in total. The van der Waals surface area contributed by atoms with Gasteiger partial charge in [-0.15, -0.1) is 0 Å². The van der Waals surface area contributed by atoms with Gasteiger partial charge in [0.25, 0.3) is 17.7 Å². The van der Waals surface area contributed by atoms with E-state index in [9.17, 15) is 14.4 Å². The van der Waals surface area contributed by atoms with E-state index in [1.165, 1.54) is 107 Å². The first kappa shape index (κ1) is 124. The number of pyridine rings is 3. The molecule has 14 rings (SSSR count). The van der Waals surface area contributed by atoms with Gasteiger partial charge in [0.15, 0.2) is 0 Å². The van der Waals surface area contributed by atoms with Crippen molar-refractivity contribution in [2.24, 2.45) is 0 Å². The Balaban J connectivity index is 0.000000230. The van der Waals surface area contributed by atoms with Crippen LogP contribution in [-0.2, 0) is 0 Å². The van der Waals surface area contributed by atoms with Crippen LogP contribution in [0, 0.1) is 34.6 Å². The molecule has 3 aromatic heterocycles. The first-order chi connectivity index (χ1) is 71.2. The zero-order valence-corrected chi connectivity index (χ0v) is 97.0. The third kappa shape index (κ3) is 46.9. The molecular weight excluding hydrogens is 2130 g/mol. The number of hydrogen-bond acceptors (Lipinski definition) is 11. The maximum atomic E-state index is 12.7. The summed E-state index contributed by atoms with van der Waals surface area (Å²) >= 11 is 40.5. The van der Waals surface area contributed by atoms with Crippen molar-refractivity contribution in [2.45, 2.75) is 257 Å². The molecule has 0 aliphatic carbocycles. The van der Waals surface area contributed by atoms with Gasteiger partial charge < -0.3 is 39.6 Å². The number of carbonyl (C=O) groups excluding carboxylic acids is 3. The van der Waals surface area contributed by atoms with Gasteiger partial charge in [-0.2, -0.15) is 0 Å². The van der Waals surface area contributed by atoms with E-state index in [0.717, 1.165) is 235 Å². The Bertz CT molecular complexity index is 6220. The fourth-order valence-corrected chi connectivity index (χ4v) is 17.3. The second-order valence-electron chi connectivity index (χ2n) is 36.3. The van der Waals surface area contributed by atoms with Gasteiger partial charge in [-0.05, 0) is 247 Å². The highest BCUT2D eigenvalue weighted by molar-refractivity contribution is 9.11. The SMILES string of the molecule is CCCCCCCCOc1ccc(C)cc1Cl.CCCCCCCOc1ccc(C)cc1Cl.CCCCCCOc1ccc(C)cc1Cl.CCCCCNC(=O)c1cc(-c2ccc(Br)cc2)nc2ccccc12.CCCCCOc1ccc(C)cc1Cl.CCCCNC(=O)c1cc(-c2ccc(Br)cc2)nc2ccccc12.CCCCOc1ccc(C)cc1Cl.CCCNC(=O)c1cc(-c2ccc(Br)cc2)nc2ccccc12. The molecule has 147 heavy (non-hydrogen) atoms. The summed E-state index contributed by atoms with van der Waals surface area (Å²) in [5, 5.41) is 15.2. The molecule has 786 valence electrons. The third-order valence-corrected chi connectivity index (χ3v) is 26.5. The van der Waals surface area contributed by atoms with E-state index in [4.69, 9.17) is 96.6 Å². The Labute approximate surface area is 927 Å². The Morgan fingerprint density at radius 2 is 0.469 bits per heavy atom. The molecule has 0 aliphatic rings. The van der Waals surface area contributed by atoms with Crippen molar-refractivity contribution in [3.8, 4) is 62.5 Å². The summed E-state index contributed by atoms with van der Waals surface area (Å²) in [6, 6.07) is 82.3. The lowest BCUT2D eigenvalue weighted by Gasteiger charge is -2.11. The van der Waals surface area contributed by atoms with Crippen LogP contribution in [0.15, 0.2) is 268 Å². The highest BCUT2D eigenvalue weighted by atomic mass is 79.9.